The van der Waals surface area contributed by atoms with E-state index in [2.05, 4.69) is 40.3 Å². The standard InChI is InChI=1S/C10H12BrNO/c1-10(6-13)5-12-9-4-7(11)2-3-8(9)10/h2-4,12-13H,5-6H2,1H3/t10-/m1/s1. The zero-order valence-corrected chi connectivity index (χ0v) is 9.06. The molecule has 2 rings (SSSR count). The highest BCUT2D eigenvalue weighted by molar-refractivity contribution is 9.10. The third-order valence-corrected chi connectivity index (χ3v) is 3.14. The Morgan fingerprint density at radius 3 is 3.08 bits per heavy atom. The number of anilines is 1. The van der Waals surface area contributed by atoms with E-state index < -0.39 is 0 Å². The van der Waals surface area contributed by atoms with Crippen LogP contribution in [0.4, 0.5) is 5.69 Å². The Labute approximate surface area is 86.1 Å². The van der Waals surface area contributed by atoms with Crippen LogP contribution in [0.25, 0.3) is 0 Å². The average molecular weight is 242 g/mol. The average Bonchev–Trinajstić information content (AvgIpc) is 2.45. The molecule has 2 N–H and O–H groups in total. The normalized spacial score (nSPS) is 25.5. The van der Waals surface area contributed by atoms with Crippen molar-refractivity contribution in [3.8, 4) is 0 Å². The molecule has 1 aromatic rings. The van der Waals surface area contributed by atoms with Crippen LogP contribution in [0.1, 0.15) is 12.5 Å². The SMILES string of the molecule is C[C@]1(CO)CNc2cc(Br)ccc21. The molecule has 0 spiro atoms. The lowest BCUT2D eigenvalue weighted by Crippen LogP contribution is -2.28. The Kier molecular flexibility index (Phi) is 2.08. The molecular weight excluding hydrogens is 230 g/mol. The minimum absolute atomic E-state index is 0.115. The molecule has 1 aliphatic heterocycles. The summed E-state index contributed by atoms with van der Waals surface area (Å²) in [6.45, 7) is 3.07. The molecule has 0 amide bonds. The number of nitrogens with one attached hydrogen (secondary N) is 1. The quantitative estimate of drug-likeness (QED) is 0.790. The van der Waals surface area contributed by atoms with Crippen LogP contribution in [0.5, 0.6) is 0 Å². The van der Waals surface area contributed by atoms with Gasteiger partial charge in [-0.1, -0.05) is 28.9 Å². The molecule has 1 aromatic carbocycles. The summed E-state index contributed by atoms with van der Waals surface area (Å²) in [6, 6.07) is 6.13. The molecule has 3 heteroatoms. The lowest BCUT2D eigenvalue weighted by Gasteiger charge is -2.20. The number of fused-ring (bicyclic) bond motifs is 1. The van der Waals surface area contributed by atoms with E-state index in [1.54, 1.807) is 0 Å². The third-order valence-electron chi connectivity index (χ3n) is 2.65. The van der Waals surface area contributed by atoms with E-state index in [4.69, 9.17) is 0 Å². The third kappa shape index (κ3) is 1.36. The molecular formula is C10H12BrNO. The van der Waals surface area contributed by atoms with Gasteiger partial charge in [-0.3, -0.25) is 0 Å². The molecule has 0 saturated heterocycles. The summed E-state index contributed by atoms with van der Waals surface area (Å²) in [4.78, 5) is 0. The zero-order chi connectivity index (χ0) is 9.47. The molecule has 13 heavy (non-hydrogen) atoms. The molecule has 0 fully saturated rings. The second-order valence-electron chi connectivity index (χ2n) is 3.76. The van der Waals surface area contributed by atoms with E-state index >= 15 is 0 Å². The van der Waals surface area contributed by atoms with Gasteiger partial charge in [-0.2, -0.15) is 0 Å². The predicted molar refractivity (Wildman–Crippen MR) is 57.1 cm³/mol. The van der Waals surface area contributed by atoms with Crippen LogP contribution in [0, 0.1) is 0 Å². The maximum absolute atomic E-state index is 9.29. The van der Waals surface area contributed by atoms with Crippen molar-refractivity contribution >= 4 is 21.6 Å². The summed E-state index contributed by atoms with van der Waals surface area (Å²) in [5.41, 5.74) is 2.22. The fraction of sp³-hybridized carbons (Fsp3) is 0.400. The summed E-state index contributed by atoms with van der Waals surface area (Å²) < 4.78 is 1.07. The van der Waals surface area contributed by atoms with Crippen molar-refractivity contribution < 1.29 is 5.11 Å². The molecule has 0 aromatic heterocycles. The lowest BCUT2D eigenvalue weighted by atomic mass is 9.86. The van der Waals surface area contributed by atoms with Crippen LogP contribution >= 0.6 is 15.9 Å². The summed E-state index contributed by atoms with van der Waals surface area (Å²) in [7, 11) is 0. The largest absolute Gasteiger partial charge is 0.395 e. The van der Waals surface area contributed by atoms with Crippen LogP contribution < -0.4 is 5.32 Å². The second kappa shape index (κ2) is 3.00. The van der Waals surface area contributed by atoms with Crippen LogP contribution in [0.15, 0.2) is 22.7 Å². The van der Waals surface area contributed by atoms with Gasteiger partial charge in [0.15, 0.2) is 0 Å². The van der Waals surface area contributed by atoms with Crippen molar-refractivity contribution in [3.05, 3.63) is 28.2 Å². The zero-order valence-electron chi connectivity index (χ0n) is 7.47. The van der Waals surface area contributed by atoms with Crippen molar-refractivity contribution in [1.29, 1.82) is 0 Å². The van der Waals surface area contributed by atoms with Gasteiger partial charge in [0.2, 0.25) is 0 Å². The van der Waals surface area contributed by atoms with E-state index in [9.17, 15) is 5.11 Å². The second-order valence-corrected chi connectivity index (χ2v) is 4.68. The molecule has 1 atom stereocenters. The van der Waals surface area contributed by atoms with Gasteiger partial charge in [0.1, 0.15) is 0 Å². The highest BCUT2D eigenvalue weighted by atomic mass is 79.9. The highest BCUT2D eigenvalue weighted by Gasteiger charge is 2.33. The molecule has 70 valence electrons. The molecule has 0 saturated carbocycles. The first kappa shape index (κ1) is 9.03. The van der Waals surface area contributed by atoms with E-state index in [1.165, 1.54) is 5.56 Å². The van der Waals surface area contributed by atoms with E-state index in [1.807, 2.05) is 6.07 Å². The summed E-state index contributed by atoms with van der Waals surface area (Å²) >= 11 is 3.42. The Bertz CT molecular complexity index is 340. The summed E-state index contributed by atoms with van der Waals surface area (Å²) in [6.07, 6.45) is 0. The monoisotopic (exact) mass is 241 g/mol. The number of halogens is 1. The molecule has 1 heterocycles. The maximum atomic E-state index is 9.29. The molecule has 2 nitrogen and oxygen atoms in total. The summed E-state index contributed by atoms with van der Waals surface area (Å²) in [5, 5.41) is 12.6. The Hall–Kier alpha value is -0.540. The van der Waals surface area contributed by atoms with Gasteiger partial charge in [0.25, 0.3) is 0 Å². The number of aliphatic hydroxyl groups excluding tert-OH is 1. The van der Waals surface area contributed by atoms with Crippen molar-refractivity contribution in [2.24, 2.45) is 0 Å². The minimum atomic E-state index is -0.115. The molecule has 1 aliphatic rings. The van der Waals surface area contributed by atoms with Crippen LogP contribution in [-0.4, -0.2) is 18.3 Å². The molecule has 0 unspecified atom stereocenters. The van der Waals surface area contributed by atoms with E-state index in [-0.39, 0.29) is 12.0 Å². The summed E-state index contributed by atoms with van der Waals surface area (Å²) in [5.74, 6) is 0. The van der Waals surface area contributed by atoms with E-state index in [0.29, 0.717) is 0 Å². The first-order chi connectivity index (χ1) is 6.15. The topological polar surface area (TPSA) is 32.3 Å². The molecule has 0 bridgehead atoms. The molecule has 0 aliphatic carbocycles. The number of aliphatic hydroxyl groups is 1. The Morgan fingerprint density at radius 2 is 2.38 bits per heavy atom. The Morgan fingerprint density at radius 1 is 1.62 bits per heavy atom. The van der Waals surface area contributed by atoms with Crippen molar-refractivity contribution in [3.63, 3.8) is 0 Å². The van der Waals surface area contributed by atoms with Gasteiger partial charge in [0, 0.05) is 22.1 Å². The smallest absolute Gasteiger partial charge is 0.0543 e. The van der Waals surface area contributed by atoms with Gasteiger partial charge in [-0.05, 0) is 17.7 Å². The van der Waals surface area contributed by atoms with Crippen LogP contribution in [-0.2, 0) is 5.41 Å². The van der Waals surface area contributed by atoms with Crippen molar-refractivity contribution in [2.45, 2.75) is 12.3 Å². The van der Waals surface area contributed by atoms with Gasteiger partial charge in [-0.25, -0.2) is 0 Å². The van der Waals surface area contributed by atoms with Gasteiger partial charge < -0.3 is 10.4 Å². The fourth-order valence-electron chi connectivity index (χ4n) is 1.72. The van der Waals surface area contributed by atoms with Crippen molar-refractivity contribution in [2.75, 3.05) is 18.5 Å². The van der Waals surface area contributed by atoms with Gasteiger partial charge in [-0.15, -0.1) is 0 Å². The van der Waals surface area contributed by atoms with Crippen molar-refractivity contribution in [1.82, 2.24) is 0 Å². The maximum Gasteiger partial charge on any atom is 0.0543 e. The minimum Gasteiger partial charge on any atom is -0.395 e. The lowest BCUT2D eigenvalue weighted by molar-refractivity contribution is 0.218. The van der Waals surface area contributed by atoms with Crippen LogP contribution in [0.2, 0.25) is 0 Å². The predicted octanol–water partition coefficient (Wildman–Crippen LogP) is 2.12. The molecule has 0 radical (unpaired) electrons. The fourth-order valence-corrected chi connectivity index (χ4v) is 2.08. The van der Waals surface area contributed by atoms with Crippen LogP contribution in [0.3, 0.4) is 0 Å². The number of benzene rings is 1. The van der Waals surface area contributed by atoms with E-state index in [0.717, 1.165) is 16.7 Å². The number of hydrogen-bond acceptors (Lipinski definition) is 2. The highest BCUT2D eigenvalue weighted by Crippen LogP contribution is 2.37. The first-order valence-electron chi connectivity index (χ1n) is 4.30. The number of rotatable bonds is 1. The Balaban J connectivity index is 2.49. The van der Waals surface area contributed by atoms with Gasteiger partial charge in [0.05, 0.1) is 6.61 Å². The van der Waals surface area contributed by atoms with Gasteiger partial charge >= 0.3 is 0 Å². The number of hydrogen-bond donors (Lipinski definition) is 2. The first-order valence-corrected chi connectivity index (χ1v) is 5.10.